The molecule has 0 unspecified atom stereocenters. The Morgan fingerprint density at radius 1 is 1.12 bits per heavy atom. The summed E-state index contributed by atoms with van der Waals surface area (Å²) in [5.74, 6) is 0.925. The third-order valence-electron chi connectivity index (χ3n) is 2.49. The van der Waals surface area contributed by atoms with Crippen molar-refractivity contribution in [3.05, 3.63) is 42.5 Å². The van der Waals surface area contributed by atoms with Gasteiger partial charge in [-0.25, -0.2) is 4.99 Å². The molecule has 0 aromatic heterocycles. The second-order valence-electron chi connectivity index (χ2n) is 3.65. The molecule has 0 aliphatic heterocycles. The number of aliphatic imine (C=N–C) groups is 1. The van der Waals surface area contributed by atoms with Crippen LogP contribution in [0.25, 0.3) is 10.8 Å². The van der Waals surface area contributed by atoms with Gasteiger partial charge in [-0.1, -0.05) is 36.4 Å². The van der Waals surface area contributed by atoms with Gasteiger partial charge in [0.15, 0.2) is 0 Å². The van der Waals surface area contributed by atoms with E-state index in [2.05, 4.69) is 40.6 Å². The van der Waals surface area contributed by atoms with Crippen molar-refractivity contribution in [1.82, 2.24) is 0 Å². The highest BCUT2D eigenvalue weighted by molar-refractivity contribution is 7.78. The van der Waals surface area contributed by atoms with Crippen LogP contribution >= 0.6 is 12.2 Å². The van der Waals surface area contributed by atoms with Gasteiger partial charge >= 0.3 is 0 Å². The number of fused-ring (bicyclic) bond motifs is 1. The number of isothiocyanates is 1. The van der Waals surface area contributed by atoms with Crippen LogP contribution in [0.5, 0.6) is 5.75 Å². The van der Waals surface area contributed by atoms with Crippen LogP contribution in [0.3, 0.4) is 0 Å². The van der Waals surface area contributed by atoms with Crippen LogP contribution in [-0.2, 0) is 0 Å². The van der Waals surface area contributed by atoms with E-state index in [0.29, 0.717) is 13.2 Å². The molecule has 2 aromatic carbocycles. The minimum Gasteiger partial charge on any atom is -0.493 e. The highest BCUT2D eigenvalue weighted by Gasteiger charge is 2.00. The molecule has 0 bridgehead atoms. The fourth-order valence-corrected chi connectivity index (χ4v) is 1.78. The SMILES string of the molecule is S=C=NCCCOc1cccc2ccccc12. The summed E-state index contributed by atoms with van der Waals surface area (Å²) in [6, 6.07) is 14.3. The molecule has 0 aliphatic rings. The summed E-state index contributed by atoms with van der Waals surface area (Å²) < 4.78 is 5.74. The Hall–Kier alpha value is -1.70. The molecule has 0 N–H and O–H groups in total. The molecule has 2 rings (SSSR count). The van der Waals surface area contributed by atoms with Gasteiger partial charge in [-0.05, 0) is 23.7 Å². The van der Waals surface area contributed by atoms with Crippen LogP contribution in [0.15, 0.2) is 47.5 Å². The van der Waals surface area contributed by atoms with Gasteiger partial charge < -0.3 is 4.74 Å². The summed E-state index contributed by atoms with van der Waals surface area (Å²) in [5.41, 5.74) is 0. The number of hydrogen-bond donors (Lipinski definition) is 0. The van der Waals surface area contributed by atoms with Crippen molar-refractivity contribution in [1.29, 1.82) is 0 Å². The zero-order valence-electron chi connectivity index (χ0n) is 9.43. The highest BCUT2D eigenvalue weighted by Crippen LogP contribution is 2.25. The van der Waals surface area contributed by atoms with Crippen LogP contribution in [0.4, 0.5) is 0 Å². The van der Waals surface area contributed by atoms with Crippen LogP contribution in [0, 0.1) is 0 Å². The van der Waals surface area contributed by atoms with Gasteiger partial charge in [0.25, 0.3) is 0 Å². The van der Waals surface area contributed by atoms with Crippen molar-refractivity contribution in [2.45, 2.75) is 6.42 Å². The molecule has 2 nitrogen and oxygen atoms in total. The maximum atomic E-state index is 5.74. The predicted molar refractivity (Wildman–Crippen MR) is 74.0 cm³/mol. The highest BCUT2D eigenvalue weighted by atomic mass is 32.1. The summed E-state index contributed by atoms with van der Waals surface area (Å²) in [4.78, 5) is 3.85. The lowest BCUT2D eigenvalue weighted by molar-refractivity contribution is 0.317. The summed E-state index contributed by atoms with van der Waals surface area (Å²) in [7, 11) is 0. The number of nitrogens with zero attached hydrogens (tertiary/aromatic N) is 1. The van der Waals surface area contributed by atoms with E-state index >= 15 is 0 Å². The molecular formula is C14H13NOS. The smallest absolute Gasteiger partial charge is 0.127 e. The van der Waals surface area contributed by atoms with Crippen molar-refractivity contribution < 1.29 is 4.74 Å². The second kappa shape index (κ2) is 6.14. The van der Waals surface area contributed by atoms with E-state index in [1.165, 1.54) is 5.39 Å². The zero-order valence-corrected chi connectivity index (χ0v) is 10.2. The Morgan fingerprint density at radius 2 is 1.94 bits per heavy atom. The Kier molecular flexibility index (Phi) is 4.25. The van der Waals surface area contributed by atoms with Gasteiger partial charge in [0.1, 0.15) is 5.75 Å². The van der Waals surface area contributed by atoms with Crippen molar-refractivity contribution in [3.8, 4) is 5.75 Å². The van der Waals surface area contributed by atoms with E-state index in [9.17, 15) is 0 Å². The Balaban J connectivity index is 2.05. The number of benzene rings is 2. The van der Waals surface area contributed by atoms with Crippen molar-refractivity contribution >= 4 is 28.2 Å². The molecular weight excluding hydrogens is 230 g/mol. The average molecular weight is 243 g/mol. The quantitative estimate of drug-likeness (QED) is 0.453. The molecule has 3 heteroatoms. The van der Waals surface area contributed by atoms with Gasteiger partial charge in [0.05, 0.1) is 18.3 Å². The molecule has 0 amide bonds. The Morgan fingerprint density at radius 3 is 2.82 bits per heavy atom. The van der Waals surface area contributed by atoms with Gasteiger partial charge in [-0.15, -0.1) is 0 Å². The first-order valence-corrected chi connectivity index (χ1v) is 5.97. The summed E-state index contributed by atoms with van der Waals surface area (Å²) >= 11 is 4.50. The zero-order chi connectivity index (χ0) is 11.9. The van der Waals surface area contributed by atoms with Crippen LogP contribution in [0.1, 0.15) is 6.42 Å². The molecule has 0 aliphatic carbocycles. The molecule has 0 saturated heterocycles. The monoisotopic (exact) mass is 243 g/mol. The first kappa shape index (κ1) is 11.8. The molecule has 2 aromatic rings. The minimum atomic E-state index is 0.647. The fraction of sp³-hybridized carbons (Fsp3) is 0.214. The first-order valence-electron chi connectivity index (χ1n) is 5.56. The summed E-state index contributed by atoms with van der Waals surface area (Å²) in [6.07, 6.45) is 0.854. The van der Waals surface area contributed by atoms with E-state index < -0.39 is 0 Å². The van der Waals surface area contributed by atoms with Gasteiger partial charge in [-0.3, -0.25) is 0 Å². The maximum absolute atomic E-state index is 5.74. The molecule has 0 fully saturated rings. The van der Waals surface area contributed by atoms with Gasteiger partial charge in [-0.2, -0.15) is 0 Å². The molecule has 17 heavy (non-hydrogen) atoms. The Bertz CT molecular complexity index is 541. The molecule has 0 atom stereocenters. The molecule has 0 saturated carbocycles. The van der Waals surface area contributed by atoms with Crippen LogP contribution < -0.4 is 4.74 Å². The maximum Gasteiger partial charge on any atom is 0.127 e. The lowest BCUT2D eigenvalue weighted by atomic mass is 10.1. The molecule has 0 heterocycles. The minimum absolute atomic E-state index is 0.647. The van der Waals surface area contributed by atoms with E-state index in [0.717, 1.165) is 17.6 Å². The largest absolute Gasteiger partial charge is 0.493 e. The lowest BCUT2D eigenvalue weighted by Gasteiger charge is -2.08. The van der Waals surface area contributed by atoms with Crippen molar-refractivity contribution in [2.75, 3.05) is 13.2 Å². The summed E-state index contributed by atoms with van der Waals surface area (Å²) in [6.45, 7) is 1.32. The van der Waals surface area contributed by atoms with Crippen LogP contribution in [-0.4, -0.2) is 18.3 Å². The van der Waals surface area contributed by atoms with Crippen molar-refractivity contribution in [3.63, 3.8) is 0 Å². The topological polar surface area (TPSA) is 21.6 Å². The van der Waals surface area contributed by atoms with Crippen molar-refractivity contribution in [2.24, 2.45) is 4.99 Å². The predicted octanol–water partition coefficient (Wildman–Crippen LogP) is 3.71. The first-order chi connectivity index (χ1) is 8.42. The molecule has 86 valence electrons. The second-order valence-corrected chi connectivity index (χ2v) is 3.83. The number of rotatable bonds is 5. The average Bonchev–Trinajstić information content (AvgIpc) is 2.39. The number of ether oxygens (including phenoxy) is 1. The van der Waals surface area contributed by atoms with E-state index in [1.54, 1.807) is 0 Å². The number of hydrogen-bond acceptors (Lipinski definition) is 3. The van der Waals surface area contributed by atoms with Crippen LogP contribution in [0.2, 0.25) is 0 Å². The molecule has 0 radical (unpaired) electrons. The summed E-state index contributed by atoms with van der Waals surface area (Å²) in [5, 5.41) is 4.69. The molecule has 0 spiro atoms. The fourth-order valence-electron chi connectivity index (χ4n) is 1.69. The normalized spacial score (nSPS) is 9.88. The standard InChI is InChI=1S/C14H13NOS/c17-11-15-9-4-10-16-14-8-3-6-12-5-1-2-7-13(12)14/h1-3,5-8H,4,9-10H2. The number of thiocarbonyl (C=S) groups is 1. The lowest BCUT2D eigenvalue weighted by Crippen LogP contribution is -1.99. The Labute approximate surface area is 106 Å². The third-order valence-corrected chi connectivity index (χ3v) is 2.62. The van der Waals surface area contributed by atoms with Gasteiger partial charge in [0.2, 0.25) is 0 Å². The van der Waals surface area contributed by atoms with Gasteiger partial charge in [0, 0.05) is 11.8 Å². The van der Waals surface area contributed by atoms with E-state index in [4.69, 9.17) is 4.74 Å². The third kappa shape index (κ3) is 3.13. The van der Waals surface area contributed by atoms with E-state index in [1.807, 2.05) is 24.3 Å². The van der Waals surface area contributed by atoms with E-state index in [-0.39, 0.29) is 0 Å².